The number of hydrogen-bond acceptors (Lipinski definition) is 4. The molecule has 3 N–H and O–H groups in total. The van der Waals surface area contributed by atoms with Gasteiger partial charge in [-0.25, -0.2) is 4.79 Å². The first kappa shape index (κ1) is 20.3. The minimum Gasteiger partial charge on any atom is -0.445 e. The van der Waals surface area contributed by atoms with E-state index in [9.17, 15) is 9.90 Å². The van der Waals surface area contributed by atoms with Gasteiger partial charge in [-0.3, -0.25) is 0 Å². The lowest BCUT2D eigenvalue weighted by molar-refractivity contribution is -0.0787. The number of nitrogens with one attached hydrogen (secondary N) is 2. The predicted molar refractivity (Wildman–Crippen MR) is 116 cm³/mol. The van der Waals surface area contributed by atoms with Crippen molar-refractivity contribution in [3.05, 3.63) is 35.9 Å². The van der Waals surface area contributed by atoms with Crippen molar-refractivity contribution in [3.8, 4) is 0 Å². The van der Waals surface area contributed by atoms with Crippen LogP contribution in [-0.4, -0.2) is 35.9 Å². The van der Waals surface area contributed by atoms with Crippen LogP contribution in [0, 0.1) is 23.2 Å². The van der Waals surface area contributed by atoms with Crippen molar-refractivity contribution in [2.75, 3.05) is 6.54 Å². The second kappa shape index (κ2) is 8.51. The highest BCUT2D eigenvalue weighted by Crippen LogP contribution is 2.60. The van der Waals surface area contributed by atoms with Crippen LogP contribution in [0.15, 0.2) is 30.3 Å². The van der Waals surface area contributed by atoms with Crippen molar-refractivity contribution in [3.63, 3.8) is 0 Å². The third-order valence-corrected chi connectivity index (χ3v) is 8.35. The highest BCUT2D eigenvalue weighted by atomic mass is 16.5. The summed E-state index contributed by atoms with van der Waals surface area (Å²) in [6.45, 7) is 1.09. The normalized spacial score (nSPS) is 39.6. The average Bonchev–Trinajstić information content (AvgIpc) is 2.75. The molecule has 2 unspecified atom stereocenters. The van der Waals surface area contributed by atoms with Gasteiger partial charge in [0.15, 0.2) is 0 Å². The number of rotatable bonds is 6. The lowest BCUT2D eigenvalue weighted by Crippen LogP contribution is -2.62. The van der Waals surface area contributed by atoms with Crippen LogP contribution in [0.25, 0.3) is 0 Å². The average molecular weight is 413 g/mol. The van der Waals surface area contributed by atoms with Crippen LogP contribution in [0.5, 0.6) is 0 Å². The van der Waals surface area contributed by atoms with E-state index in [1.807, 2.05) is 30.3 Å². The maximum Gasteiger partial charge on any atom is 0.407 e. The molecule has 5 fully saturated rings. The summed E-state index contributed by atoms with van der Waals surface area (Å²) in [6.07, 6.45) is 10.2. The van der Waals surface area contributed by atoms with E-state index in [1.165, 1.54) is 32.1 Å². The van der Waals surface area contributed by atoms with Gasteiger partial charge in [-0.15, -0.1) is 0 Å². The third kappa shape index (κ3) is 4.38. The fraction of sp³-hybridized carbons (Fsp3) is 0.720. The number of hydrogen-bond donors (Lipinski definition) is 3. The Morgan fingerprint density at radius 1 is 1.03 bits per heavy atom. The van der Waals surface area contributed by atoms with E-state index in [-0.39, 0.29) is 17.6 Å². The van der Waals surface area contributed by atoms with Crippen LogP contribution in [0.2, 0.25) is 0 Å². The number of amides is 1. The van der Waals surface area contributed by atoms with Gasteiger partial charge in [0.25, 0.3) is 0 Å². The summed E-state index contributed by atoms with van der Waals surface area (Å²) in [5.41, 5.74) is 1.29. The van der Waals surface area contributed by atoms with Crippen molar-refractivity contribution < 1.29 is 14.6 Å². The van der Waals surface area contributed by atoms with E-state index < -0.39 is 0 Å². The summed E-state index contributed by atoms with van der Waals surface area (Å²) in [6, 6.07) is 11.1. The van der Waals surface area contributed by atoms with Crippen LogP contribution >= 0.6 is 0 Å². The van der Waals surface area contributed by atoms with Crippen LogP contribution in [0.4, 0.5) is 4.79 Å². The van der Waals surface area contributed by atoms with Crippen LogP contribution < -0.4 is 10.6 Å². The van der Waals surface area contributed by atoms with Crippen molar-refractivity contribution in [1.82, 2.24) is 10.6 Å². The van der Waals surface area contributed by atoms with E-state index >= 15 is 0 Å². The summed E-state index contributed by atoms with van der Waals surface area (Å²) in [7, 11) is 0. The van der Waals surface area contributed by atoms with Gasteiger partial charge in [0.2, 0.25) is 0 Å². The molecule has 4 bridgehead atoms. The van der Waals surface area contributed by atoms with E-state index in [0.717, 1.165) is 55.5 Å². The largest absolute Gasteiger partial charge is 0.445 e. The predicted octanol–water partition coefficient (Wildman–Crippen LogP) is 4.00. The molecule has 0 heterocycles. The zero-order valence-corrected chi connectivity index (χ0v) is 17.9. The number of benzene rings is 1. The molecule has 5 aliphatic rings. The SMILES string of the molecule is O=C(NCC12CC3C[C@H](C1)[C@H](N[C@H]1CC[C@H](O)CC1)[C@@H](C3)C2)OCc1ccccc1. The zero-order valence-electron chi connectivity index (χ0n) is 17.9. The molecule has 5 aliphatic carbocycles. The van der Waals surface area contributed by atoms with Gasteiger partial charge in [-0.05, 0) is 86.5 Å². The van der Waals surface area contributed by atoms with E-state index in [1.54, 1.807) is 0 Å². The molecule has 0 saturated heterocycles. The van der Waals surface area contributed by atoms with E-state index in [0.29, 0.717) is 18.7 Å². The number of carbonyl (C=O) groups excluding carboxylic acids is 1. The monoisotopic (exact) mass is 412 g/mol. The van der Waals surface area contributed by atoms with E-state index in [4.69, 9.17) is 4.74 Å². The minimum atomic E-state index is -0.287. The third-order valence-electron chi connectivity index (χ3n) is 8.35. The maximum absolute atomic E-state index is 12.3. The molecule has 5 saturated carbocycles. The first-order chi connectivity index (χ1) is 14.6. The first-order valence-electron chi connectivity index (χ1n) is 12.0. The molecule has 0 aliphatic heterocycles. The number of carbonyl (C=O) groups is 1. The number of alkyl carbamates (subject to hydrolysis) is 1. The Labute approximate surface area is 180 Å². The van der Waals surface area contributed by atoms with Crippen LogP contribution in [0.3, 0.4) is 0 Å². The quantitative estimate of drug-likeness (QED) is 0.660. The van der Waals surface area contributed by atoms with Gasteiger partial charge in [-0.1, -0.05) is 30.3 Å². The summed E-state index contributed by atoms with van der Waals surface area (Å²) in [5, 5.41) is 16.9. The molecule has 1 aromatic carbocycles. The molecule has 0 radical (unpaired) electrons. The molecule has 1 aromatic rings. The molecule has 5 atom stereocenters. The second-order valence-corrected chi connectivity index (χ2v) is 10.6. The van der Waals surface area contributed by atoms with Crippen LogP contribution in [-0.2, 0) is 11.3 Å². The first-order valence-corrected chi connectivity index (χ1v) is 12.0. The Hall–Kier alpha value is -1.59. The summed E-state index contributed by atoms with van der Waals surface area (Å²) >= 11 is 0. The summed E-state index contributed by atoms with van der Waals surface area (Å²) in [4.78, 5) is 12.3. The number of aliphatic hydroxyl groups is 1. The number of ether oxygens (including phenoxy) is 1. The van der Waals surface area contributed by atoms with Gasteiger partial charge >= 0.3 is 6.09 Å². The summed E-state index contributed by atoms with van der Waals surface area (Å²) in [5.74, 6) is 2.31. The molecule has 0 spiro atoms. The molecule has 0 aromatic heterocycles. The Kier molecular flexibility index (Phi) is 5.76. The fourth-order valence-electron chi connectivity index (χ4n) is 7.23. The molecule has 5 nitrogen and oxygen atoms in total. The lowest BCUT2D eigenvalue weighted by Gasteiger charge is -2.61. The summed E-state index contributed by atoms with van der Waals surface area (Å²) < 4.78 is 5.44. The van der Waals surface area contributed by atoms with Gasteiger partial charge in [-0.2, -0.15) is 0 Å². The Morgan fingerprint density at radius 3 is 2.43 bits per heavy atom. The Balaban J connectivity index is 1.13. The molecule has 5 heteroatoms. The molecule has 6 rings (SSSR count). The van der Waals surface area contributed by atoms with Gasteiger partial charge < -0.3 is 20.5 Å². The van der Waals surface area contributed by atoms with Gasteiger partial charge in [0.05, 0.1) is 6.10 Å². The topological polar surface area (TPSA) is 70.6 Å². The molecule has 164 valence electrons. The van der Waals surface area contributed by atoms with Gasteiger partial charge in [0, 0.05) is 18.6 Å². The van der Waals surface area contributed by atoms with Crippen LogP contribution in [0.1, 0.15) is 63.4 Å². The van der Waals surface area contributed by atoms with Crippen molar-refractivity contribution in [2.45, 2.75) is 82.6 Å². The maximum atomic E-state index is 12.3. The Bertz CT molecular complexity index is 715. The smallest absolute Gasteiger partial charge is 0.407 e. The molecule has 30 heavy (non-hydrogen) atoms. The second-order valence-electron chi connectivity index (χ2n) is 10.6. The fourth-order valence-corrected chi connectivity index (χ4v) is 7.23. The van der Waals surface area contributed by atoms with Gasteiger partial charge in [0.1, 0.15) is 6.61 Å². The number of aliphatic hydroxyl groups excluding tert-OH is 1. The van der Waals surface area contributed by atoms with Crippen molar-refractivity contribution in [2.24, 2.45) is 23.2 Å². The standard InChI is InChI=1S/C25H36N2O3/c28-22-8-6-21(7-9-22)27-23-19-10-18-11-20(23)14-25(12-18,13-19)16-26-24(29)30-15-17-4-2-1-3-5-17/h1-5,18-23,27-28H,6-16H2,(H,26,29)/t18?,19-,20+,21-,22-,23+,25?. The highest BCUT2D eigenvalue weighted by Gasteiger charge is 2.55. The van der Waals surface area contributed by atoms with E-state index in [2.05, 4.69) is 10.6 Å². The molecule has 1 amide bonds. The van der Waals surface area contributed by atoms with Crippen molar-refractivity contribution >= 4 is 6.09 Å². The lowest BCUT2D eigenvalue weighted by atomic mass is 9.48. The van der Waals surface area contributed by atoms with Crippen molar-refractivity contribution in [1.29, 1.82) is 0 Å². The zero-order chi connectivity index (χ0) is 20.6. The Morgan fingerprint density at radius 2 is 1.73 bits per heavy atom. The highest BCUT2D eigenvalue weighted by molar-refractivity contribution is 5.67. The molecular formula is C25H36N2O3. The molecular weight excluding hydrogens is 376 g/mol. The minimum absolute atomic E-state index is 0.0856.